The van der Waals surface area contributed by atoms with Crippen LogP contribution in [-0.4, -0.2) is 68.5 Å². The molecule has 0 radical (unpaired) electrons. The molecule has 0 aliphatic carbocycles. The molecule has 1 aromatic carbocycles. The first-order valence-electron chi connectivity index (χ1n) is 8.49. The Labute approximate surface area is 155 Å². The van der Waals surface area contributed by atoms with Gasteiger partial charge in [-0.3, -0.25) is 4.79 Å². The number of piperazine rings is 1. The predicted octanol–water partition coefficient (Wildman–Crippen LogP) is 1.24. The summed E-state index contributed by atoms with van der Waals surface area (Å²) in [6, 6.07) is 7.14. The van der Waals surface area contributed by atoms with Crippen molar-refractivity contribution in [2.45, 2.75) is 26.2 Å². The lowest BCUT2D eigenvalue weighted by atomic mass is 9.87. The zero-order valence-electron chi connectivity index (χ0n) is 15.7. The van der Waals surface area contributed by atoms with Gasteiger partial charge in [0.15, 0.2) is 6.61 Å². The molecule has 0 aromatic heterocycles. The molecule has 1 saturated heterocycles. The molecule has 26 heavy (non-hydrogen) atoms. The van der Waals surface area contributed by atoms with Gasteiger partial charge in [-0.15, -0.1) is 0 Å². The summed E-state index contributed by atoms with van der Waals surface area (Å²) in [7, 11) is -3.24. The lowest BCUT2D eigenvalue weighted by molar-refractivity contribution is -0.135. The molecule has 0 atom stereocenters. The van der Waals surface area contributed by atoms with Gasteiger partial charge in [-0.1, -0.05) is 32.9 Å². The fraction of sp³-hybridized carbons (Fsp3) is 0.556. The van der Waals surface area contributed by atoms with Crippen molar-refractivity contribution in [3.63, 3.8) is 0 Å². The fourth-order valence-electron chi connectivity index (χ4n) is 2.68. The summed E-state index contributed by atoms with van der Waals surface area (Å²) < 4.78 is 29.4. The highest BCUT2D eigenvalue weighted by molar-refractivity contribution is 7.88. The summed E-state index contributed by atoms with van der Waals surface area (Å²) in [4.78, 5) is 25.8. The Kier molecular flexibility index (Phi) is 6.08. The van der Waals surface area contributed by atoms with Gasteiger partial charge in [0.2, 0.25) is 10.0 Å². The smallest absolute Gasteiger partial charge is 0.338 e. The first kappa shape index (κ1) is 20.4. The molecule has 1 fully saturated rings. The Balaban J connectivity index is 1.85. The Morgan fingerprint density at radius 2 is 1.58 bits per heavy atom. The molecular formula is C18H26N2O5S. The molecular weight excluding hydrogens is 356 g/mol. The maximum Gasteiger partial charge on any atom is 0.338 e. The summed E-state index contributed by atoms with van der Waals surface area (Å²) in [5, 5.41) is 0. The monoisotopic (exact) mass is 382 g/mol. The van der Waals surface area contributed by atoms with Crippen molar-refractivity contribution in [1.29, 1.82) is 0 Å². The molecule has 8 heteroatoms. The normalized spacial score (nSPS) is 16.4. The Morgan fingerprint density at radius 1 is 1.04 bits per heavy atom. The fourth-order valence-corrected chi connectivity index (χ4v) is 3.50. The van der Waals surface area contributed by atoms with Gasteiger partial charge in [0, 0.05) is 26.2 Å². The molecule has 7 nitrogen and oxygen atoms in total. The van der Waals surface area contributed by atoms with E-state index in [9.17, 15) is 18.0 Å². The van der Waals surface area contributed by atoms with Crippen molar-refractivity contribution in [1.82, 2.24) is 9.21 Å². The van der Waals surface area contributed by atoms with E-state index in [2.05, 4.69) is 20.8 Å². The van der Waals surface area contributed by atoms with E-state index in [0.29, 0.717) is 18.7 Å². The third-order valence-electron chi connectivity index (χ3n) is 4.37. The highest BCUT2D eigenvalue weighted by Crippen LogP contribution is 2.22. The number of nitrogens with zero attached hydrogens (tertiary/aromatic N) is 2. The lowest BCUT2D eigenvalue weighted by Crippen LogP contribution is -2.51. The highest BCUT2D eigenvalue weighted by Gasteiger charge is 2.26. The Morgan fingerprint density at radius 3 is 2.04 bits per heavy atom. The van der Waals surface area contributed by atoms with Gasteiger partial charge in [-0.2, -0.15) is 4.31 Å². The number of carbonyl (C=O) groups is 2. The van der Waals surface area contributed by atoms with Crippen LogP contribution in [0.2, 0.25) is 0 Å². The minimum Gasteiger partial charge on any atom is -0.452 e. The second kappa shape index (κ2) is 7.75. The molecule has 2 rings (SSSR count). The van der Waals surface area contributed by atoms with E-state index in [0.717, 1.165) is 11.8 Å². The number of carbonyl (C=O) groups excluding carboxylic acids is 2. The Hall–Kier alpha value is -1.93. The van der Waals surface area contributed by atoms with Crippen LogP contribution in [0.3, 0.4) is 0 Å². The molecule has 1 amide bonds. The number of sulfonamides is 1. The molecule has 1 aromatic rings. The third kappa shape index (κ3) is 5.28. The summed E-state index contributed by atoms with van der Waals surface area (Å²) in [5.41, 5.74) is 1.49. The molecule has 0 spiro atoms. The molecule has 0 N–H and O–H groups in total. The molecule has 1 aliphatic rings. The third-order valence-corrected chi connectivity index (χ3v) is 5.68. The van der Waals surface area contributed by atoms with E-state index in [1.165, 1.54) is 9.21 Å². The predicted molar refractivity (Wildman–Crippen MR) is 98.4 cm³/mol. The van der Waals surface area contributed by atoms with E-state index in [1.54, 1.807) is 12.1 Å². The molecule has 144 valence electrons. The van der Waals surface area contributed by atoms with Crippen molar-refractivity contribution in [3.05, 3.63) is 35.4 Å². The van der Waals surface area contributed by atoms with E-state index >= 15 is 0 Å². The first-order chi connectivity index (χ1) is 12.0. The number of esters is 1. The van der Waals surface area contributed by atoms with Crippen LogP contribution in [0.15, 0.2) is 24.3 Å². The van der Waals surface area contributed by atoms with Crippen LogP contribution in [0.25, 0.3) is 0 Å². The number of amides is 1. The summed E-state index contributed by atoms with van der Waals surface area (Å²) in [5.74, 6) is -0.869. The van der Waals surface area contributed by atoms with Gasteiger partial charge < -0.3 is 9.64 Å². The van der Waals surface area contributed by atoms with Gasteiger partial charge in [-0.25, -0.2) is 13.2 Å². The van der Waals surface area contributed by atoms with E-state index in [4.69, 9.17) is 4.74 Å². The van der Waals surface area contributed by atoms with Crippen LogP contribution in [0.1, 0.15) is 36.7 Å². The number of ether oxygens (including phenoxy) is 1. The maximum atomic E-state index is 12.2. The van der Waals surface area contributed by atoms with Crippen molar-refractivity contribution in [2.24, 2.45) is 0 Å². The van der Waals surface area contributed by atoms with Gasteiger partial charge in [0.05, 0.1) is 11.8 Å². The largest absolute Gasteiger partial charge is 0.452 e. The van der Waals surface area contributed by atoms with Crippen LogP contribution in [0, 0.1) is 0 Å². The minimum atomic E-state index is -3.24. The summed E-state index contributed by atoms with van der Waals surface area (Å²) >= 11 is 0. The van der Waals surface area contributed by atoms with Crippen molar-refractivity contribution in [2.75, 3.05) is 39.0 Å². The van der Waals surface area contributed by atoms with Crippen molar-refractivity contribution in [3.8, 4) is 0 Å². The second-order valence-corrected chi connectivity index (χ2v) is 9.43. The lowest BCUT2D eigenvalue weighted by Gasteiger charge is -2.33. The van der Waals surface area contributed by atoms with Gasteiger partial charge in [0.1, 0.15) is 0 Å². The number of hydrogen-bond acceptors (Lipinski definition) is 5. The van der Waals surface area contributed by atoms with Crippen molar-refractivity contribution >= 4 is 21.9 Å². The van der Waals surface area contributed by atoms with E-state index in [-0.39, 0.29) is 31.0 Å². The summed E-state index contributed by atoms with van der Waals surface area (Å²) in [6.07, 6.45) is 1.15. The number of rotatable bonds is 4. The van der Waals surface area contributed by atoms with Crippen molar-refractivity contribution < 1.29 is 22.7 Å². The second-order valence-electron chi connectivity index (χ2n) is 7.45. The molecule has 0 bridgehead atoms. The molecule has 0 saturated carbocycles. The molecule has 0 unspecified atom stereocenters. The van der Waals surface area contributed by atoms with Crippen LogP contribution in [0.5, 0.6) is 0 Å². The first-order valence-corrected chi connectivity index (χ1v) is 10.3. The maximum absolute atomic E-state index is 12.2. The van der Waals surface area contributed by atoms with Crippen LogP contribution < -0.4 is 0 Å². The average Bonchev–Trinajstić information content (AvgIpc) is 2.58. The Bertz CT molecular complexity index is 758. The zero-order valence-corrected chi connectivity index (χ0v) is 16.5. The molecule has 1 heterocycles. The molecule has 1 aliphatic heterocycles. The van der Waals surface area contributed by atoms with Gasteiger partial charge in [-0.05, 0) is 23.1 Å². The van der Waals surface area contributed by atoms with E-state index < -0.39 is 16.0 Å². The quantitative estimate of drug-likeness (QED) is 0.732. The van der Waals surface area contributed by atoms with Crippen LogP contribution >= 0.6 is 0 Å². The van der Waals surface area contributed by atoms with Gasteiger partial charge >= 0.3 is 5.97 Å². The van der Waals surface area contributed by atoms with Crippen LogP contribution in [0.4, 0.5) is 0 Å². The minimum absolute atomic E-state index is 0.00743. The topological polar surface area (TPSA) is 84.0 Å². The average molecular weight is 382 g/mol. The van der Waals surface area contributed by atoms with E-state index in [1.807, 2.05) is 12.1 Å². The van der Waals surface area contributed by atoms with Crippen LogP contribution in [-0.2, 0) is 25.0 Å². The zero-order chi connectivity index (χ0) is 19.5. The number of hydrogen-bond donors (Lipinski definition) is 0. The summed E-state index contributed by atoms with van der Waals surface area (Å²) in [6.45, 7) is 7.01. The highest BCUT2D eigenvalue weighted by atomic mass is 32.2. The standard InChI is InChI=1S/C18H26N2O5S/c1-18(2,3)15-7-5-14(6-8-15)17(22)25-13-16(21)19-9-11-20(12-10-19)26(4,23)24/h5-8H,9-13H2,1-4H3. The SMILES string of the molecule is CC(C)(C)c1ccc(C(=O)OCC(=O)N2CCN(S(C)(=O)=O)CC2)cc1. The van der Waals surface area contributed by atoms with Gasteiger partial charge in [0.25, 0.3) is 5.91 Å². The number of benzene rings is 1.